The van der Waals surface area contributed by atoms with Gasteiger partial charge in [-0.1, -0.05) is 36.0 Å². The fourth-order valence-electron chi connectivity index (χ4n) is 2.60. The van der Waals surface area contributed by atoms with Crippen LogP contribution < -0.4 is 0 Å². The minimum atomic E-state index is 0.471. The highest BCUT2D eigenvalue weighted by atomic mass is 32.2. The largest absolute Gasteiger partial charge is 0.374 e. The number of hydrogen-bond acceptors (Lipinski definition) is 2. The van der Waals surface area contributed by atoms with Crippen molar-refractivity contribution in [3.05, 3.63) is 41.3 Å². The smallest absolute Gasteiger partial charge is 0.0624 e. The van der Waals surface area contributed by atoms with Gasteiger partial charge in [0.15, 0.2) is 0 Å². The Bertz CT molecular complexity index is 399. The van der Waals surface area contributed by atoms with E-state index in [1.54, 1.807) is 0 Å². The van der Waals surface area contributed by atoms with Gasteiger partial charge in [0.05, 0.1) is 12.2 Å². The lowest BCUT2D eigenvalue weighted by Gasteiger charge is -2.27. The molecule has 0 radical (unpaired) electrons. The fraction of sp³-hybridized carbons (Fsp3) is 0.467. The summed E-state index contributed by atoms with van der Waals surface area (Å²) < 4.78 is 6.05. The normalized spacial score (nSPS) is 28.4. The van der Waals surface area contributed by atoms with Crippen molar-refractivity contribution in [2.45, 2.75) is 49.2 Å². The molecule has 2 atom stereocenters. The average Bonchev–Trinajstić information content (AvgIpc) is 2.50. The van der Waals surface area contributed by atoms with Crippen LogP contribution in [0.5, 0.6) is 0 Å². The highest BCUT2D eigenvalue weighted by molar-refractivity contribution is 8.03. The first-order valence-corrected chi connectivity index (χ1v) is 7.29. The fourth-order valence-corrected chi connectivity index (χ4v) is 3.64. The van der Waals surface area contributed by atoms with Gasteiger partial charge in [-0.3, -0.25) is 0 Å². The predicted octanol–water partition coefficient (Wildman–Crippen LogP) is 4.39. The zero-order valence-electron chi connectivity index (χ0n) is 9.97. The van der Waals surface area contributed by atoms with Crippen LogP contribution in [0.3, 0.4) is 0 Å². The summed E-state index contributed by atoms with van der Waals surface area (Å²) in [6.45, 7) is 0. The Kier molecular flexibility index (Phi) is 3.53. The van der Waals surface area contributed by atoms with Gasteiger partial charge in [0.2, 0.25) is 0 Å². The Morgan fingerprint density at radius 3 is 2.76 bits per heavy atom. The molecular weight excluding hydrogens is 228 g/mol. The Morgan fingerprint density at radius 2 is 1.88 bits per heavy atom. The van der Waals surface area contributed by atoms with Crippen molar-refractivity contribution >= 4 is 11.8 Å². The molecule has 0 aromatic heterocycles. The minimum Gasteiger partial charge on any atom is -0.374 e. The van der Waals surface area contributed by atoms with Gasteiger partial charge in [0.1, 0.15) is 0 Å². The number of fused-ring (bicyclic) bond motifs is 2. The van der Waals surface area contributed by atoms with Crippen molar-refractivity contribution in [1.29, 1.82) is 0 Å². The number of rotatable bonds is 2. The summed E-state index contributed by atoms with van der Waals surface area (Å²) >= 11 is 1.91. The van der Waals surface area contributed by atoms with Gasteiger partial charge in [-0.25, -0.2) is 0 Å². The molecule has 0 N–H and O–H groups in total. The van der Waals surface area contributed by atoms with Gasteiger partial charge in [0, 0.05) is 11.3 Å². The highest BCUT2D eigenvalue weighted by Gasteiger charge is 2.25. The lowest BCUT2D eigenvalue weighted by Crippen LogP contribution is -2.25. The van der Waals surface area contributed by atoms with Crippen molar-refractivity contribution in [1.82, 2.24) is 0 Å². The van der Waals surface area contributed by atoms with E-state index >= 15 is 0 Å². The molecule has 2 heterocycles. The van der Waals surface area contributed by atoms with E-state index in [2.05, 4.69) is 36.4 Å². The lowest BCUT2D eigenvalue weighted by atomic mass is 10.0. The molecule has 1 nitrogen and oxygen atoms in total. The Morgan fingerprint density at radius 1 is 1.06 bits per heavy atom. The molecule has 17 heavy (non-hydrogen) atoms. The Balaban J connectivity index is 1.70. The second-order valence-electron chi connectivity index (χ2n) is 4.84. The molecule has 2 aliphatic rings. The van der Waals surface area contributed by atoms with Crippen molar-refractivity contribution in [2.75, 3.05) is 0 Å². The van der Waals surface area contributed by atoms with E-state index in [4.69, 9.17) is 4.74 Å². The summed E-state index contributed by atoms with van der Waals surface area (Å²) in [5.41, 5.74) is 0. The van der Waals surface area contributed by atoms with Crippen LogP contribution in [0.4, 0.5) is 0 Å². The zero-order valence-corrected chi connectivity index (χ0v) is 10.8. The molecule has 2 aliphatic heterocycles. The molecule has 2 unspecified atom stereocenters. The molecule has 2 bridgehead atoms. The third kappa shape index (κ3) is 2.93. The van der Waals surface area contributed by atoms with E-state index in [0.717, 1.165) is 12.8 Å². The topological polar surface area (TPSA) is 9.23 Å². The minimum absolute atomic E-state index is 0.471. The number of thioether (sulfide) groups is 1. The molecule has 3 rings (SSSR count). The quantitative estimate of drug-likeness (QED) is 0.765. The maximum absolute atomic E-state index is 6.05. The number of benzene rings is 1. The van der Waals surface area contributed by atoms with E-state index in [-0.39, 0.29) is 0 Å². The van der Waals surface area contributed by atoms with E-state index in [1.807, 2.05) is 11.8 Å². The molecular formula is C15H18OS. The van der Waals surface area contributed by atoms with Crippen molar-refractivity contribution < 1.29 is 4.74 Å². The molecule has 2 heteroatoms. The van der Waals surface area contributed by atoms with Crippen molar-refractivity contribution in [3.8, 4) is 0 Å². The molecule has 90 valence electrons. The Hall–Kier alpha value is -0.730. The van der Waals surface area contributed by atoms with Crippen LogP contribution in [0, 0.1) is 0 Å². The van der Waals surface area contributed by atoms with Crippen LogP contribution in [0.15, 0.2) is 46.2 Å². The van der Waals surface area contributed by atoms with Crippen LogP contribution in [0.1, 0.15) is 32.1 Å². The van der Waals surface area contributed by atoms with Crippen LogP contribution in [-0.4, -0.2) is 12.2 Å². The van der Waals surface area contributed by atoms with Gasteiger partial charge in [-0.05, 0) is 42.7 Å². The van der Waals surface area contributed by atoms with Crippen LogP contribution in [0.25, 0.3) is 0 Å². The molecule has 0 saturated carbocycles. The summed E-state index contributed by atoms with van der Waals surface area (Å²) in [5, 5.41) is 0. The number of hydrogen-bond donors (Lipinski definition) is 0. The first-order valence-electron chi connectivity index (χ1n) is 6.47. The van der Waals surface area contributed by atoms with E-state index in [1.165, 1.54) is 29.1 Å². The molecule has 0 amide bonds. The predicted molar refractivity (Wildman–Crippen MR) is 72.1 cm³/mol. The van der Waals surface area contributed by atoms with Crippen LogP contribution in [0.2, 0.25) is 0 Å². The Labute approximate surface area is 107 Å². The molecule has 1 fully saturated rings. The molecule has 1 aromatic rings. The molecule has 1 saturated heterocycles. The third-order valence-electron chi connectivity index (χ3n) is 3.47. The van der Waals surface area contributed by atoms with Gasteiger partial charge in [0.25, 0.3) is 0 Å². The SMILES string of the molecule is C1=C(Sc2ccccc2)CC2CCCC(C1)O2. The first kappa shape index (κ1) is 11.4. The van der Waals surface area contributed by atoms with Crippen LogP contribution >= 0.6 is 11.8 Å². The number of ether oxygens (including phenoxy) is 1. The summed E-state index contributed by atoms with van der Waals surface area (Å²) in [5.74, 6) is 0. The highest BCUT2D eigenvalue weighted by Crippen LogP contribution is 2.36. The summed E-state index contributed by atoms with van der Waals surface area (Å²) in [6, 6.07) is 10.7. The van der Waals surface area contributed by atoms with Gasteiger partial charge < -0.3 is 4.74 Å². The zero-order chi connectivity index (χ0) is 11.5. The lowest BCUT2D eigenvalue weighted by molar-refractivity contribution is -0.0420. The van der Waals surface area contributed by atoms with Crippen molar-refractivity contribution in [3.63, 3.8) is 0 Å². The third-order valence-corrected chi connectivity index (χ3v) is 4.57. The first-order chi connectivity index (χ1) is 8.40. The summed E-state index contributed by atoms with van der Waals surface area (Å²) in [4.78, 5) is 2.83. The van der Waals surface area contributed by atoms with Gasteiger partial charge >= 0.3 is 0 Å². The van der Waals surface area contributed by atoms with E-state index in [0.29, 0.717) is 12.2 Å². The maximum Gasteiger partial charge on any atom is 0.0624 e. The van der Waals surface area contributed by atoms with Crippen molar-refractivity contribution in [2.24, 2.45) is 0 Å². The van der Waals surface area contributed by atoms with E-state index in [9.17, 15) is 0 Å². The molecule has 0 aliphatic carbocycles. The van der Waals surface area contributed by atoms with Gasteiger partial charge in [-0.2, -0.15) is 0 Å². The average molecular weight is 246 g/mol. The van der Waals surface area contributed by atoms with E-state index < -0.39 is 0 Å². The second kappa shape index (κ2) is 5.28. The summed E-state index contributed by atoms with van der Waals surface area (Å²) in [6.07, 6.45) is 9.39. The maximum atomic E-state index is 6.05. The summed E-state index contributed by atoms with van der Waals surface area (Å²) in [7, 11) is 0. The molecule has 0 spiro atoms. The molecule has 1 aromatic carbocycles. The van der Waals surface area contributed by atoms with Gasteiger partial charge in [-0.15, -0.1) is 0 Å². The standard InChI is InChI=1S/C15H18OS/c1-2-7-14(8-3-1)17-15-10-9-12-5-4-6-13(11-15)16-12/h1-3,7-8,10,12-13H,4-6,9,11H2. The van der Waals surface area contributed by atoms with Crippen LogP contribution in [-0.2, 0) is 4.74 Å². The second-order valence-corrected chi connectivity index (χ2v) is 6.04. The monoisotopic (exact) mass is 246 g/mol.